The number of rotatable bonds is 0. The lowest BCUT2D eigenvalue weighted by Crippen LogP contribution is -2.23. The van der Waals surface area contributed by atoms with Gasteiger partial charge in [0.15, 0.2) is 0 Å². The molecule has 0 aliphatic carbocycles. The maximum absolute atomic E-state index is 11.2. The summed E-state index contributed by atoms with van der Waals surface area (Å²) < 4.78 is 0. The number of fused-ring (bicyclic) bond motifs is 3. The standard InChI is InChI=1S/C9H8N2O/c12-9-8-7(11-8)5-3-1-2-4-6(5)10-9/h1-4,7-8,11H,(H,10,12). The van der Waals surface area contributed by atoms with Gasteiger partial charge in [-0.3, -0.25) is 10.1 Å². The minimum atomic E-state index is 0.0277. The van der Waals surface area contributed by atoms with Crippen LogP contribution in [0, 0.1) is 0 Å². The average molecular weight is 160 g/mol. The molecule has 0 aromatic heterocycles. The van der Waals surface area contributed by atoms with Crippen LogP contribution in [0.3, 0.4) is 0 Å². The van der Waals surface area contributed by atoms with E-state index in [2.05, 4.69) is 10.6 Å². The average Bonchev–Trinajstić information content (AvgIpc) is 2.84. The van der Waals surface area contributed by atoms with E-state index in [4.69, 9.17) is 0 Å². The Hall–Kier alpha value is -1.35. The van der Waals surface area contributed by atoms with Crippen LogP contribution < -0.4 is 10.6 Å². The maximum atomic E-state index is 11.2. The Balaban J connectivity index is 2.16. The molecule has 0 radical (unpaired) electrons. The van der Waals surface area contributed by atoms with Crippen molar-refractivity contribution >= 4 is 11.6 Å². The molecular weight excluding hydrogens is 152 g/mol. The van der Waals surface area contributed by atoms with E-state index in [0.29, 0.717) is 0 Å². The molecule has 3 rings (SSSR count). The van der Waals surface area contributed by atoms with Gasteiger partial charge in [0.1, 0.15) is 6.04 Å². The lowest BCUT2D eigenvalue weighted by atomic mass is 10.0. The molecule has 2 aliphatic heterocycles. The quantitative estimate of drug-likeness (QED) is 0.547. The Bertz CT molecular complexity index is 361. The van der Waals surface area contributed by atoms with Gasteiger partial charge in [0.05, 0.1) is 6.04 Å². The van der Waals surface area contributed by atoms with Gasteiger partial charge in [0.25, 0.3) is 0 Å². The fraction of sp³-hybridized carbons (Fsp3) is 0.222. The first kappa shape index (κ1) is 6.20. The molecule has 1 aromatic rings. The zero-order valence-electron chi connectivity index (χ0n) is 6.37. The van der Waals surface area contributed by atoms with Crippen LogP contribution >= 0.6 is 0 Å². The van der Waals surface area contributed by atoms with Gasteiger partial charge in [-0.05, 0) is 11.6 Å². The van der Waals surface area contributed by atoms with Gasteiger partial charge in [0.2, 0.25) is 5.91 Å². The van der Waals surface area contributed by atoms with Crippen molar-refractivity contribution in [2.24, 2.45) is 0 Å². The molecule has 3 heteroatoms. The van der Waals surface area contributed by atoms with E-state index in [0.717, 1.165) is 5.69 Å². The zero-order chi connectivity index (χ0) is 8.13. The van der Waals surface area contributed by atoms with E-state index in [1.165, 1.54) is 5.56 Å². The highest BCUT2D eigenvalue weighted by molar-refractivity contribution is 6.01. The summed E-state index contributed by atoms with van der Waals surface area (Å²) in [4.78, 5) is 11.2. The summed E-state index contributed by atoms with van der Waals surface area (Å²) in [6, 6.07) is 8.21. The molecule has 2 unspecified atom stereocenters. The monoisotopic (exact) mass is 160 g/mol. The third-order valence-corrected chi connectivity index (χ3v) is 2.42. The summed E-state index contributed by atoms with van der Waals surface area (Å²) in [7, 11) is 0. The predicted octanol–water partition coefficient (Wildman–Crippen LogP) is 0.652. The summed E-state index contributed by atoms with van der Waals surface area (Å²) in [5.41, 5.74) is 2.16. The van der Waals surface area contributed by atoms with Crippen molar-refractivity contribution in [3.8, 4) is 0 Å². The molecule has 0 spiro atoms. The van der Waals surface area contributed by atoms with Crippen LogP contribution in [-0.4, -0.2) is 11.9 Å². The SMILES string of the molecule is O=C1Nc2ccccc2C2NC12. The molecule has 3 nitrogen and oxygen atoms in total. The Morgan fingerprint density at radius 2 is 2.00 bits per heavy atom. The summed E-state index contributed by atoms with van der Waals surface area (Å²) in [6.07, 6.45) is 0. The van der Waals surface area contributed by atoms with Crippen molar-refractivity contribution < 1.29 is 4.79 Å². The van der Waals surface area contributed by atoms with Crippen molar-refractivity contribution in [2.45, 2.75) is 12.1 Å². The Morgan fingerprint density at radius 1 is 1.17 bits per heavy atom. The van der Waals surface area contributed by atoms with Crippen LogP contribution in [-0.2, 0) is 4.79 Å². The van der Waals surface area contributed by atoms with Crippen LogP contribution in [0.1, 0.15) is 11.6 Å². The molecule has 12 heavy (non-hydrogen) atoms. The normalized spacial score (nSPS) is 30.2. The van der Waals surface area contributed by atoms with Gasteiger partial charge in [-0.2, -0.15) is 0 Å². The summed E-state index contributed by atoms with van der Waals surface area (Å²) in [5, 5.41) is 5.97. The second-order valence-corrected chi connectivity index (χ2v) is 3.20. The fourth-order valence-electron chi connectivity index (χ4n) is 1.73. The Kier molecular flexibility index (Phi) is 0.966. The number of nitrogens with one attached hydrogen (secondary N) is 2. The first-order chi connectivity index (χ1) is 5.86. The third kappa shape index (κ3) is 0.662. The third-order valence-electron chi connectivity index (χ3n) is 2.42. The van der Waals surface area contributed by atoms with E-state index in [-0.39, 0.29) is 18.0 Å². The van der Waals surface area contributed by atoms with Crippen molar-refractivity contribution in [1.82, 2.24) is 5.32 Å². The minimum Gasteiger partial charge on any atom is -0.324 e. The van der Waals surface area contributed by atoms with Gasteiger partial charge < -0.3 is 5.32 Å². The van der Waals surface area contributed by atoms with Gasteiger partial charge in [-0.25, -0.2) is 0 Å². The van der Waals surface area contributed by atoms with Crippen LogP contribution in [0.25, 0.3) is 0 Å². The van der Waals surface area contributed by atoms with Crippen molar-refractivity contribution in [2.75, 3.05) is 5.32 Å². The largest absolute Gasteiger partial charge is 0.324 e. The molecule has 1 amide bonds. The van der Waals surface area contributed by atoms with E-state index >= 15 is 0 Å². The lowest BCUT2D eigenvalue weighted by molar-refractivity contribution is -0.116. The summed E-state index contributed by atoms with van der Waals surface area (Å²) >= 11 is 0. The van der Waals surface area contributed by atoms with Gasteiger partial charge in [-0.15, -0.1) is 0 Å². The van der Waals surface area contributed by atoms with E-state index in [1.807, 2.05) is 24.3 Å². The first-order valence-electron chi connectivity index (χ1n) is 4.02. The second kappa shape index (κ2) is 1.87. The number of carbonyl (C=O) groups is 1. The molecule has 1 aromatic carbocycles. The van der Waals surface area contributed by atoms with Crippen LogP contribution in [0.15, 0.2) is 24.3 Å². The summed E-state index contributed by atoms with van der Waals surface area (Å²) in [5.74, 6) is 0.0960. The van der Waals surface area contributed by atoms with E-state index < -0.39 is 0 Å². The number of anilines is 1. The van der Waals surface area contributed by atoms with Gasteiger partial charge >= 0.3 is 0 Å². The number of carbonyl (C=O) groups excluding carboxylic acids is 1. The van der Waals surface area contributed by atoms with E-state index in [1.54, 1.807) is 0 Å². The Labute approximate surface area is 69.8 Å². The smallest absolute Gasteiger partial charge is 0.243 e. The number of para-hydroxylation sites is 1. The van der Waals surface area contributed by atoms with Crippen LogP contribution in [0.4, 0.5) is 5.69 Å². The molecule has 60 valence electrons. The Morgan fingerprint density at radius 3 is 2.92 bits per heavy atom. The highest BCUT2D eigenvalue weighted by Crippen LogP contribution is 2.38. The molecule has 2 aliphatic rings. The molecule has 2 atom stereocenters. The number of benzene rings is 1. The lowest BCUT2D eigenvalue weighted by Gasteiger charge is -2.13. The van der Waals surface area contributed by atoms with Crippen molar-refractivity contribution in [3.05, 3.63) is 29.8 Å². The van der Waals surface area contributed by atoms with Crippen molar-refractivity contribution in [3.63, 3.8) is 0 Å². The van der Waals surface area contributed by atoms with Gasteiger partial charge in [0, 0.05) is 5.69 Å². The molecule has 1 saturated heterocycles. The zero-order valence-corrected chi connectivity index (χ0v) is 6.37. The predicted molar refractivity (Wildman–Crippen MR) is 44.7 cm³/mol. The molecular formula is C9H8N2O. The molecule has 0 bridgehead atoms. The summed E-state index contributed by atoms with van der Waals surface area (Å²) in [6.45, 7) is 0. The molecule has 2 heterocycles. The number of hydrogen-bond donors (Lipinski definition) is 2. The maximum Gasteiger partial charge on any atom is 0.243 e. The van der Waals surface area contributed by atoms with Crippen molar-refractivity contribution in [1.29, 1.82) is 0 Å². The topological polar surface area (TPSA) is 51.0 Å². The van der Waals surface area contributed by atoms with Crippen LogP contribution in [0.5, 0.6) is 0 Å². The minimum absolute atomic E-state index is 0.0277. The molecule has 0 saturated carbocycles. The molecule has 1 fully saturated rings. The number of amides is 1. The van der Waals surface area contributed by atoms with Crippen LogP contribution in [0.2, 0.25) is 0 Å². The first-order valence-corrected chi connectivity index (χ1v) is 4.02. The molecule has 2 N–H and O–H groups in total. The highest BCUT2D eigenvalue weighted by atomic mass is 16.2. The van der Waals surface area contributed by atoms with E-state index in [9.17, 15) is 4.79 Å². The fourth-order valence-corrected chi connectivity index (χ4v) is 1.73. The highest BCUT2D eigenvalue weighted by Gasteiger charge is 2.47. The number of hydrogen-bond acceptors (Lipinski definition) is 2. The van der Waals surface area contributed by atoms with Gasteiger partial charge in [-0.1, -0.05) is 18.2 Å². The second-order valence-electron chi connectivity index (χ2n) is 3.20.